The van der Waals surface area contributed by atoms with Crippen molar-refractivity contribution in [3.63, 3.8) is 0 Å². The SMILES string of the molecule is COC(=O)c1c(NC(=O)Cn2ncc3ccccc3c2=O)sc2c1CCC(C)C2. The van der Waals surface area contributed by atoms with E-state index in [9.17, 15) is 14.4 Å². The molecule has 1 aliphatic rings. The molecular formula is C21H21N3O4S. The molecule has 4 rings (SSSR count). The maximum absolute atomic E-state index is 12.7. The number of ether oxygens (including phenoxy) is 1. The van der Waals surface area contributed by atoms with Gasteiger partial charge in [-0.1, -0.05) is 25.1 Å². The van der Waals surface area contributed by atoms with Crippen LogP contribution in [0.3, 0.4) is 0 Å². The number of hydrogen-bond donors (Lipinski definition) is 1. The van der Waals surface area contributed by atoms with Gasteiger partial charge in [0.2, 0.25) is 5.91 Å². The Morgan fingerprint density at radius 1 is 1.34 bits per heavy atom. The monoisotopic (exact) mass is 411 g/mol. The van der Waals surface area contributed by atoms with Crippen molar-refractivity contribution in [2.45, 2.75) is 32.7 Å². The van der Waals surface area contributed by atoms with Gasteiger partial charge in [0.15, 0.2) is 0 Å². The molecule has 2 aromatic heterocycles. The first-order valence-corrected chi connectivity index (χ1v) is 10.3. The predicted octanol–water partition coefficient (Wildman–Crippen LogP) is 3.01. The first-order chi connectivity index (χ1) is 14.0. The number of anilines is 1. The molecule has 1 aromatic carbocycles. The normalized spacial score (nSPS) is 15.7. The summed E-state index contributed by atoms with van der Waals surface area (Å²) in [6, 6.07) is 7.10. The Bertz CT molecular complexity index is 1160. The molecule has 0 radical (unpaired) electrons. The van der Waals surface area contributed by atoms with Crippen LogP contribution in [0.5, 0.6) is 0 Å². The number of esters is 1. The first-order valence-electron chi connectivity index (χ1n) is 9.45. The number of fused-ring (bicyclic) bond motifs is 2. The zero-order valence-electron chi connectivity index (χ0n) is 16.2. The minimum absolute atomic E-state index is 0.233. The highest BCUT2D eigenvalue weighted by atomic mass is 32.1. The zero-order chi connectivity index (χ0) is 20.5. The Balaban J connectivity index is 1.61. The summed E-state index contributed by atoms with van der Waals surface area (Å²) in [5.41, 5.74) is 1.08. The van der Waals surface area contributed by atoms with E-state index >= 15 is 0 Å². The molecular weight excluding hydrogens is 390 g/mol. The minimum Gasteiger partial charge on any atom is -0.465 e. The average Bonchev–Trinajstić information content (AvgIpc) is 3.06. The summed E-state index contributed by atoms with van der Waals surface area (Å²) in [5.74, 6) is -0.324. The molecule has 0 bridgehead atoms. The second kappa shape index (κ2) is 7.79. The molecule has 1 aliphatic carbocycles. The molecule has 2 heterocycles. The third-order valence-corrected chi connectivity index (χ3v) is 6.38. The number of carbonyl (C=O) groups excluding carboxylic acids is 2. The molecule has 0 saturated heterocycles. The van der Waals surface area contributed by atoms with Crippen LogP contribution in [0.1, 0.15) is 34.1 Å². The zero-order valence-corrected chi connectivity index (χ0v) is 17.0. The molecule has 0 spiro atoms. The second-order valence-corrected chi connectivity index (χ2v) is 8.40. The maximum Gasteiger partial charge on any atom is 0.341 e. The van der Waals surface area contributed by atoms with Crippen LogP contribution < -0.4 is 10.9 Å². The summed E-state index contributed by atoms with van der Waals surface area (Å²) in [6.07, 6.45) is 4.23. The Morgan fingerprint density at radius 2 is 2.14 bits per heavy atom. The molecule has 1 N–H and O–H groups in total. The molecule has 0 fully saturated rings. The Morgan fingerprint density at radius 3 is 2.93 bits per heavy atom. The molecule has 150 valence electrons. The summed E-state index contributed by atoms with van der Waals surface area (Å²) >= 11 is 1.41. The Hall–Kier alpha value is -3.00. The Labute approximate surface area is 171 Å². The third kappa shape index (κ3) is 3.67. The van der Waals surface area contributed by atoms with E-state index in [2.05, 4.69) is 17.3 Å². The molecule has 3 aromatic rings. The van der Waals surface area contributed by atoms with Crippen LogP contribution in [0.15, 0.2) is 35.3 Å². The highest BCUT2D eigenvalue weighted by molar-refractivity contribution is 7.17. The van der Waals surface area contributed by atoms with Crippen molar-refractivity contribution < 1.29 is 14.3 Å². The van der Waals surface area contributed by atoms with Crippen molar-refractivity contribution in [2.24, 2.45) is 5.92 Å². The molecule has 7 nitrogen and oxygen atoms in total. The highest BCUT2D eigenvalue weighted by Crippen LogP contribution is 2.40. The van der Waals surface area contributed by atoms with Gasteiger partial charge in [-0.05, 0) is 36.8 Å². The van der Waals surface area contributed by atoms with Crippen LogP contribution in [-0.2, 0) is 28.9 Å². The van der Waals surface area contributed by atoms with Crippen molar-refractivity contribution in [1.29, 1.82) is 0 Å². The van der Waals surface area contributed by atoms with Gasteiger partial charge >= 0.3 is 5.97 Å². The standard InChI is InChI=1S/C21H21N3O4S/c1-12-7-8-15-16(9-12)29-19(18(15)21(27)28-2)23-17(25)11-24-20(26)14-6-4-3-5-13(14)10-22-24/h3-6,10,12H,7-9,11H2,1-2H3,(H,23,25). The van der Waals surface area contributed by atoms with E-state index < -0.39 is 11.9 Å². The molecule has 0 aliphatic heterocycles. The van der Waals surface area contributed by atoms with Crippen molar-refractivity contribution in [2.75, 3.05) is 12.4 Å². The fraction of sp³-hybridized carbons (Fsp3) is 0.333. The number of aromatic nitrogens is 2. The van der Waals surface area contributed by atoms with Crippen LogP contribution in [0.2, 0.25) is 0 Å². The molecule has 8 heteroatoms. The van der Waals surface area contributed by atoms with Crippen molar-refractivity contribution in [3.05, 3.63) is 56.8 Å². The lowest BCUT2D eigenvalue weighted by Crippen LogP contribution is -2.29. The van der Waals surface area contributed by atoms with Crippen LogP contribution in [0.25, 0.3) is 10.8 Å². The summed E-state index contributed by atoms with van der Waals surface area (Å²) in [7, 11) is 1.34. The molecule has 0 saturated carbocycles. The van der Waals surface area contributed by atoms with Gasteiger partial charge in [-0.25, -0.2) is 9.48 Å². The van der Waals surface area contributed by atoms with E-state index in [0.717, 1.165) is 39.8 Å². The maximum atomic E-state index is 12.7. The van der Waals surface area contributed by atoms with Crippen LogP contribution in [0, 0.1) is 5.92 Å². The highest BCUT2D eigenvalue weighted by Gasteiger charge is 2.29. The van der Waals surface area contributed by atoms with Gasteiger partial charge in [0.25, 0.3) is 5.56 Å². The summed E-state index contributed by atoms with van der Waals surface area (Å²) in [5, 5.41) is 8.60. The van der Waals surface area contributed by atoms with E-state index in [1.165, 1.54) is 18.4 Å². The van der Waals surface area contributed by atoms with Gasteiger partial charge in [-0.3, -0.25) is 9.59 Å². The van der Waals surface area contributed by atoms with Gasteiger partial charge in [0, 0.05) is 10.3 Å². The number of nitrogens with one attached hydrogen (secondary N) is 1. The van der Waals surface area contributed by atoms with E-state index in [-0.39, 0.29) is 12.1 Å². The fourth-order valence-electron chi connectivity index (χ4n) is 3.70. The smallest absolute Gasteiger partial charge is 0.341 e. The molecule has 1 amide bonds. The van der Waals surface area contributed by atoms with Gasteiger partial charge < -0.3 is 10.1 Å². The Kier molecular flexibility index (Phi) is 5.19. The van der Waals surface area contributed by atoms with E-state index in [1.54, 1.807) is 24.4 Å². The van der Waals surface area contributed by atoms with Gasteiger partial charge in [-0.15, -0.1) is 11.3 Å². The van der Waals surface area contributed by atoms with Gasteiger partial charge in [-0.2, -0.15) is 5.10 Å². The predicted molar refractivity (Wildman–Crippen MR) is 111 cm³/mol. The number of benzene rings is 1. The van der Waals surface area contributed by atoms with Crippen LogP contribution in [-0.4, -0.2) is 28.8 Å². The number of thiophene rings is 1. The summed E-state index contributed by atoms with van der Waals surface area (Å²) in [4.78, 5) is 38.7. The third-order valence-electron chi connectivity index (χ3n) is 5.21. The quantitative estimate of drug-likeness (QED) is 0.667. The topological polar surface area (TPSA) is 90.3 Å². The summed E-state index contributed by atoms with van der Waals surface area (Å²) < 4.78 is 6.07. The van der Waals surface area contributed by atoms with Gasteiger partial charge in [0.05, 0.1) is 24.3 Å². The second-order valence-electron chi connectivity index (χ2n) is 7.29. The largest absolute Gasteiger partial charge is 0.465 e. The fourth-order valence-corrected chi connectivity index (χ4v) is 5.11. The number of hydrogen-bond acceptors (Lipinski definition) is 6. The van der Waals surface area contributed by atoms with Crippen molar-refractivity contribution in [3.8, 4) is 0 Å². The average molecular weight is 411 g/mol. The minimum atomic E-state index is -0.451. The lowest BCUT2D eigenvalue weighted by molar-refractivity contribution is -0.116. The lowest BCUT2D eigenvalue weighted by Gasteiger charge is -2.18. The van der Waals surface area contributed by atoms with Crippen molar-refractivity contribution >= 4 is 39.0 Å². The number of carbonyl (C=O) groups is 2. The van der Waals surface area contributed by atoms with Gasteiger partial charge in [0.1, 0.15) is 11.5 Å². The number of amides is 1. The van der Waals surface area contributed by atoms with Crippen LogP contribution >= 0.6 is 11.3 Å². The number of rotatable bonds is 4. The molecule has 1 unspecified atom stereocenters. The molecule has 29 heavy (non-hydrogen) atoms. The number of methoxy groups -OCH3 is 1. The van der Waals surface area contributed by atoms with E-state index in [1.807, 2.05) is 6.07 Å². The van der Waals surface area contributed by atoms with E-state index in [4.69, 9.17) is 4.74 Å². The van der Waals surface area contributed by atoms with Crippen LogP contribution in [0.4, 0.5) is 5.00 Å². The lowest BCUT2D eigenvalue weighted by atomic mass is 9.88. The first kappa shape index (κ1) is 19.3. The van der Waals surface area contributed by atoms with E-state index in [0.29, 0.717) is 21.9 Å². The summed E-state index contributed by atoms with van der Waals surface area (Å²) in [6.45, 7) is 1.94. The van der Waals surface area contributed by atoms with Crippen molar-refractivity contribution in [1.82, 2.24) is 9.78 Å². The number of nitrogens with zero attached hydrogens (tertiary/aromatic N) is 2. The molecule has 1 atom stereocenters.